The van der Waals surface area contributed by atoms with E-state index in [4.69, 9.17) is 55.2 Å². The van der Waals surface area contributed by atoms with Crippen molar-refractivity contribution in [3.63, 3.8) is 0 Å². The van der Waals surface area contributed by atoms with Gasteiger partial charge in [0, 0.05) is 67.3 Å². The Bertz CT molecular complexity index is 551. The maximum atomic E-state index is 9.00. The number of rotatable bonds is 7. The lowest BCUT2D eigenvalue weighted by Crippen LogP contribution is -2.30. The number of carbonyl (C=O) groups is 5. The van der Waals surface area contributed by atoms with Gasteiger partial charge in [0.2, 0.25) is 0 Å². The maximum Gasteiger partial charge on any atom is 0.300 e. The standard InChI is InChI=1S/C11H19N3.5C2H4O2/c12-6-7-13-8-9-14-10-11-4-2-1-3-5-11;5*1-2(3)4/h1-5,13-14H,6-10,12H2;5*1H3,(H,3,4). The molecule has 0 heterocycles. The molecule has 13 nitrogen and oxygen atoms in total. The minimum Gasteiger partial charge on any atom is -0.481 e. The summed E-state index contributed by atoms with van der Waals surface area (Å²) in [5.41, 5.74) is 6.68. The lowest BCUT2D eigenvalue weighted by atomic mass is 10.2. The maximum absolute atomic E-state index is 9.00. The van der Waals surface area contributed by atoms with E-state index >= 15 is 0 Å². The van der Waals surface area contributed by atoms with Crippen molar-refractivity contribution in [3.05, 3.63) is 35.9 Å². The summed E-state index contributed by atoms with van der Waals surface area (Å²) in [5.74, 6) is -4.17. The summed E-state index contributed by atoms with van der Waals surface area (Å²) in [5, 5.41) is 43.7. The number of hydrogen-bond acceptors (Lipinski definition) is 8. The highest BCUT2D eigenvalue weighted by atomic mass is 16.4. The Kier molecular flexibility index (Phi) is 40.9. The molecule has 0 spiro atoms. The highest BCUT2D eigenvalue weighted by Gasteiger charge is 1.89. The Labute approximate surface area is 199 Å². The van der Waals surface area contributed by atoms with E-state index in [1.165, 1.54) is 5.56 Å². The van der Waals surface area contributed by atoms with Crippen LogP contribution in [0.3, 0.4) is 0 Å². The molecule has 34 heavy (non-hydrogen) atoms. The van der Waals surface area contributed by atoms with Crippen LogP contribution in [0.4, 0.5) is 0 Å². The van der Waals surface area contributed by atoms with Gasteiger partial charge < -0.3 is 41.9 Å². The molecule has 0 unspecified atom stereocenters. The van der Waals surface area contributed by atoms with Gasteiger partial charge >= 0.3 is 0 Å². The number of carboxylic acids is 5. The summed E-state index contributed by atoms with van der Waals surface area (Å²) < 4.78 is 0. The van der Waals surface area contributed by atoms with Crippen LogP contribution in [0.2, 0.25) is 0 Å². The molecule has 0 saturated heterocycles. The molecule has 1 aromatic rings. The summed E-state index contributed by atoms with van der Waals surface area (Å²) in [6.07, 6.45) is 0. The number of carboxylic acid groups (broad SMARTS) is 5. The van der Waals surface area contributed by atoms with E-state index in [9.17, 15) is 0 Å². The number of nitrogens with one attached hydrogen (secondary N) is 2. The average molecular weight is 494 g/mol. The van der Waals surface area contributed by atoms with Crippen molar-refractivity contribution in [2.24, 2.45) is 5.73 Å². The Morgan fingerprint density at radius 3 is 1.21 bits per heavy atom. The molecule has 0 aliphatic heterocycles. The predicted octanol–water partition coefficient (Wildman–Crippen LogP) is 0.779. The van der Waals surface area contributed by atoms with Gasteiger partial charge in [0.15, 0.2) is 0 Å². The summed E-state index contributed by atoms with van der Waals surface area (Å²) in [7, 11) is 0. The Morgan fingerprint density at radius 1 is 0.618 bits per heavy atom. The predicted molar refractivity (Wildman–Crippen MR) is 127 cm³/mol. The van der Waals surface area contributed by atoms with E-state index < -0.39 is 29.8 Å². The third-order valence-electron chi connectivity index (χ3n) is 1.97. The summed E-state index contributed by atoms with van der Waals surface area (Å²) >= 11 is 0. The first-order chi connectivity index (χ1) is 15.6. The Morgan fingerprint density at radius 2 is 0.912 bits per heavy atom. The highest BCUT2D eigenvalue weighted by molar-refractivity contribution is 5.63. The van der Waals surface area contributed by atoms with Crippen LogP contribution in [0, 0.1) is 0 Å². The molecule has 0 saturated carbocycles. The van der Waals surface area contributed by atoms with Crippen molar-refractivity contribution in [3.8, 4) is 0 Å². The fourth-order valence-electron chi connectivity index (χ4n) is 1.23. The molecule has 0 fully saturated rings. The molecule has 0 amide bonds. The number of hydrogen-bond donors (Lipinski definition) is 8. The van der Waals surface area contributed by atoms with Crippen molar-refractivity contribution in [2.75, 3.05) is 26.2 Å². The van der Waals surface area contributed by atoms with Gasteiger partial charge in [-0.3, -0.25) is 24.0 Å². The van der Waals surface area contributed by atoms with E-state index in [0.717, 1.165) is 60.8 Å². The van der Waals surface area contributed by atoms with Gasteiger partial charge in [0.25, 0.3) is 29.8 Å². The second-order valence-electron chi connectivity index (χ2n) is 5.80. The van der Waals surface area contributed by atoms with Crippen LogP contribution in [-0.2, 0) is 30.5 Å². The SMILES string of the molecule is CC(=O)O.CC(=O)O.CC(=O)O.CC(=O)O.CC(=O)O.NCCNCCNCc1ccccc1. The number of benzene rings is 1. The molecule has 1 rings (SSSR count). The molecule has 13 heteroatoms. The molecule has 0 atom stereocenters. The van der Waals surface area contributed by atoms with Crippen molar-refractivity contribution in [1.82, 2.24) is 10.6 Å². The first kappa shape index (κ1) is 40.8. The van der Waals surface area contributed by atoms with E-state index in [2.05, 4.69) is 34.9 Å². The smallest absolute Gasteiger partial charge is 0.300 e. The van der Waals surface area contributed by atoms with E-state index in [1.54, 1.807) is 0 Å². The zero-order chi connectivity index (χ0) is 27.9. The molecule has 0 aliphatic carbocycles. The first-order valence-corrected chi connectivity index (χ1v) is 9.73. The molecule has 0 radical (unpaired) electrons. The number of nitrogens with two attached hydrogens (primary N) is 1. The topological polar surface area (TPSA) is 237 Å². The Hall–Kier alpha value is -3.55. The van der Waals surface area contributed by atoms with Gasteiger partial charge in [-0.15, -0.1) is 0 Å². The molecule has 0 aliphatic rings. The second kappa shape index (κ2) is 34.1. The van der Waals surface area contributed by atoms with Crippen LogP contribution >= 0.6 is 0 Å². The quantitative estimate of drug-likeness (QED) is 0.245. The first-order valence-electron chi connectivity index (χ1n) is 9.73. The van der Waals surface area contributed by atoms with Gasteiger partial charge in [0.05, 0.1) is 0 Å². The third kappa shape index (κ3) is 138. The van der Waals surface area contributed by atoms with Crippen molar-refractivity contribution < 1.29 is 49.5 Å². The van der Waals surface area contributed by atoms with Crippen molar-refractivity contribution in [1.29, 1.82) is 0 Å². The second-order valence-corrected chi connectivity index (χ2v) is 5.80. The highest BCUT2D eigenvalue weighted by Crippen LogP contribution is 1.96. The summed E-state index contributed by atoms with van der Waals surface area (Å²) in [4.78, 5) is 45.0. The fourth-order valence-corrected chi connectivity index (χ4v) is 1.23. The molecule has 1 aromatic carbocycles. The van der Waals surface area contributed by atoms with Crippen LogP contribution in [0.25, 0.3) is 0 Å². The third-order valence-corrected chi connectivity index (χ3v) is 1.97. The number of aliphatic carboxylic acids is 5. The van der Waals surface area contributed by atoms with Crippen molar-refractivity contribution in [2.45, 2.75) is 41.2 Å². The zero-order valence-corrected chi connectivity index (χ0v) is 20.3. The van der Waals surface area contributed by atoms with Crippen LogP contribution in [0.15, 0.2) is 30.3 Å². The van der Waals surface area contributed by atoms with Gasteiger partial charge in [0.1, 0.15) is 0 Å². The lowest BCUT2D eigenvalue weighted by molar-refractivity contribution is -0.135. The molecular formula is C21H39N3O10. The van der Waals surface area contributed by atoms with E-state index in [1.807, 2.05) is 6.07 Å². The van der Waals surface area contributed by atoms with Gasteiger partial charge in [-0.2, -0.15) is 0 Å². The lowest BCUT2D eigenvalue weighted by Gasteiger charge is -2.05. The zero-order valence-electron chi connectivity index (χ0n) is 20.3. The summed E-state index contributed by atoms with van der Waals surface area (Å²) in [6.45, 7) is 9.91. The van der Waals surface area contributed by atoms with Gasteiger partial charge in [-0.05, 0) is 5.56 Å². The van der Waals surface area contributed by atoms with Crippen molar-refractivity contribution >= 4 is 29.8 Å². The molecule has 198 valence electrons. The molecular weight excluding hydrogens is 454 g/mol. The van der Waals surface area contributed by atoms with Crippen LogP contribution in [-0.4, -0.2) is 81.6 Å². The monoisotopic (exact) mass is 493 g/mol. The largest absolute Gasteiger partial charge is 0.481 e. The summed E-state index contributed by atoms with van der Waals surface area (Å²) in [6, 6.07) is 10.4. The normalized spacial score (nSPS) is 7.94. The molecule has 0 aromatic heterocycles. The van der Waals surface area contributed by atoms with Crippen LogP contribution in [0.5, 0.6) is 0 Å². The Balaban J connectivity index is -0.000000116. The minimum atomic E-state index is -0.833. The van der Waals surface area contributed by atoms with E-state index in [0.29, 0.717) is 6.54 Å². The average Bonchev–Trinajstić information content (AvgIpc) is 2.63. The van der Waals surface area contributed by atoms with Crippen LogP contribution in [0.1, 0.15) is 40.2 Å². The van der Waals surface area contributed by atoms with Gasteiger partial charge in [-0.25, -0.2) is 0 Å². The molecule has 9 N–H and O–H groups in total. The van der Waals surface area contributed by atoms with Crippen LogP contribution < -0.4 is 16.4 Å². The fraction of sp³-hybridized carbons (Fsp3) is 0.476. The minimum absolute atomic E-state index is 0.707. The van der Waals surface area contributed by atoms with Gasteiger partial charge in [-0.1, -0.05) is 30.3 Å². The molecule has 0 bridgehead atoms. The van der Waals surface area contributed by atoms with E-state index in [-0.39, 0.29) is 0 Å².